The number of ether oxygens (including phenoxy) is 1. The highest BCUT2D eigenvalue weighted by atomic mass is 35.5. The third-order valence-electron chi connectivity index (χ3n) is 4.03. The number of non-ortho nitro benzene ring substituents is 1. The third kappa shape index (κ3) is 3.78. The molecule has 0 aliphatic carbocycles. The van der Waals surface area contributed by atoms with Crippen molar-refractivity contribution in [1.29, 1.82) is 0 Å². The highest BCUT2D eigenvalue weighted by molar-refractivity contribution is 6.33. The van der Waals surface area contributed by atoms with Crippen LogP contribution < -0.4 is 0 Å². The number of furan rings is 1. The molecule has 0 unspecified atom stereocenters. The van der Waals surface area contributed by atoms with Crippen LogP contribution in [0.3, 0.4) is 0 Å². The molecule has 29 heavy (non-hydrogen) atoms. The Hall–Kier alpha value is -3.78. The number of carbonyl (C=O) groups is 1. The molecule has 0 saturated heterocycles. The molecule has 0 saturated carbocycles. The van der Waals surface area contributed by atoms with E-state index in [1.54, 1.807) is 18.2 Å². The second-order valence-corrected chi connectivity index (χ2v) is 6.38. The maximum absolute atomic E-state index is 13.4. The number of cyclic esters (lactones) is 1. The van der Waals surface area contributed by atoms with Gasteiger partial charge in [-0.3, -0.25) is 10.1 Å². The Kier molecular flexibility index (Phi) is 4.69. The standard InChI is InChI=1S/C20H10ClFN2O5/c21-16-9-13(24(26)27)4-6-15(16)18-7-5-14(28-18)10-17-20(25)29-19(23-17)11-2-1-3-12(22)8-11/h1-10H/b17-10-. The van der Waals surface area contributed by atoms with Crippen molar-refractivity contribution in [3.8, 4) is 11.3 Å². The van der Waals surface area contributed by atoms with E-state index in [1.807, 2.05) is 0 Å². The zero-order valence-corrected chi connectivity index (χ0v) is 15.2. The van der Waals surface area contributed by atoms with E-state index in [4.69, 9.17) is 20.8 Å². The molecule has 0 atom stereocenters. The number of hydrogen-bond donors (Lipinski definition) is 0. The van der Waals surface area contributed by atoms with Crippen molar-refractivity contribution in [2.45, 2.75) is 0 Å². The van der Waals surface area contributed by atoms with Crippen molar-refractivity contribution in [2.75, 3.05) is 0 Å². The molecule has 7 nitrogen and oxygen atoms in total. The number of esters is 1. The van der Waals surface area contributed by atoms with Crippen LogP contribution in [0.1, 0.15) is 11.3 Å². The molecule has 0 spiro atoms. The number of nitro groups is 1. The lowest BCUT2D eigenvalue weighted by molar-refractivity contribution is -0.384. The molecule has 0 bridgehead atoms. The van der Waals surface area contributed by atoms with Gasteiger partial charge in [0, 0.05) is 29.3 Å². The Morgan fingerprint density at radius 2 is 1.97 bits per heavy atom. The number of nitro benzene ring substituents is 1. The third-order valence-corrected chi connectivity index (χ3v) is 4.34. The Labute approximate surface area is 167 Å². The number of benzene rings is 2. The highest BCUT2D eigenvalue weighted by Crippen LogP contribution is 2.33. The lowest BCUT2D eigenvalue weighted by atomic mass is 10.1. The smallest absolute Gasteiger partial charge is 0.363 e. The van der Waals surface area contributed by atoms with Crippen LogP contribution in [-0.2, 0) is 9.53 Å². The number of halogens is 2. The first kappa shape index (κ1) is 18.6. The molecule has 2 aromatic carbocycles. The van der Waals surface area contributed by atoms with Crippen LogP contribution in [0.2, 0.25) is 5.02 Å². The van der Waals surface area contributed by atoms with Crippen LogP contribution >= 0.6 is 11.6 Å². The van der Waals surface area contributed by atoms with Gasteiger partial charge in [0.15, 0.2) is 5.70 Å². The quantitative estimate of drug-likeness (QED) is 0.260. The van der Waals surface area contributed by atoms with E-state index < -0.39 is 16.7 Å². The summed E-state index contributed by atoms with van der Waals surface area (Å²) in [5, 5.41) is 11.0. The van der Waals surface area contributed by atoms with E-state index in [2.05, 4.69) is 4.99 Å². The van der Waals surface area contributed by atoms with Crippen molar-refractivity contribution in [2.24, 2.45) is 4.99 Å². The molecule has 0 fully saturated rings. The average Bonchev–Trinajstić information content (AvgIpc) is 3.29. The minimum absolute atomic E-state index is 0.00839. The zero-order valence-electron chi connectivity index (χ0n) is 14.5. The molecule has 1 aliphatic rings. The van der Waals surface area contributed by atoms with Crippen molar-refractivity contribution in [3.63, 3.8) is 0 Å². The van der Waals surface area contributed by atoms with Crippen LogP contribution in [-0.4, -0.2) is 16.8 Å². The Morgan fingerprint density at radius 1 is 1.14 bits per heavy atom. The van der Waals surface area contributed by atoms with E-state index in [0.717, 1.165) is 0 Å². The van der Waals surface area contributed by atoms with Crippen LogP contribution in [0, 0.1) is 15.9 Å². The van der Waals surface area contributed by atoms with Gasteiger partial charge < -0.3 is 9.15 Å². The molecule has 0 N–H and O–H groups in total. The van der Waals surface area contributed by atoms with Gasteiger partial charge in [0.2, 0.25) is 5.90 Å². The molecular weight excluding hydrogens is 403 g/mol. The van der Waals surface area contributed by atoms with Gasteiger partial charge in [0.05, 0.1) is 9.95 Å². The maximum atomic E-state index is 13.4. The number of aliphatic imine (C=N–C) groups is 1. The normalized spacial score (nSPS) is 14.8. The monoisotopic (exact) mass is 412 g/mol. The predicted octanol–water partition coefficient (Wildman–Crippen LogP) is 4.99. The minimum atomic E-state index is -0.699. The lowest BCUT2D eigenvalue weighted by Crippen LogP contribution is -2.05. The van der Waals surface area contributed by atoms with Gasteiger partial charge in [-0.1, -0.05) is 17.7 Å². The molecule has 0 radical (unpaired) electrons. The van der Waals surface area contributed by atoms with E-state index >= 15 is 0 Å². The van der Waals surface area contributed by atoms with Crippen LogP contribution in [0.4, 0.5) is 10.1 Å². The fraction of sp³-hybridized carbons (Fsp3) is 0. The fourth-order valence-electron chi connectivity index (χ4n) is 2.68. The van der Waals surface area contributed by atoms with Crippen LogP contribution in [0.5, 0.6) is 0 Å². The summed E-state index contributed by atoms with van der Waals surface area (Å²) in [4.78, 5) is 26.4. The number of rotatable bonds is 4. The Morgan fingerprint density at radius 3 is 2.69 bits per heavy atom. The van der Waals surface area contributed by atoms with Gasteiger partial charge in [-0.2, -0.15) is 0 Å². The summed E-state index contributed by atoms with van der Waals surface area (Å²) in [6, 6.07) is 12.7. The Balaban J connectivity index is 1.62. The summed E-state index contributed by atoms with van der Waals surface area (Å²) in [5.74, 6) is -0.529. The second kappa shape index (κ2) is 7.33. The summed E-state index contributed by atoms with van der Waals surface area (Å²) >= 11 is 6.10. The van der Waals surface area contributed by atoms with E-state index in [0.29, 0.717) is 22.6 Å². The molecule has 2 heterocycles. The summed E-state index contributed by atoms with van der Waals surface area (Å²) in [7, 11) is 0. The van der Waals surface area contributed by atoms with Crippen molar-refractivity contribution in [1.82, 2.24) is 0 Å². The van der Waals surface area contributed by atoms with E-state index in [1.165, 1.54) is 42.5 Å². The van der Waals surface area contributed by atoms with Crippen molar-refractivity contribution >= 4 is 35.2 Å². The lowest BCUT2D eigenvalue weighted by Gasteiger charge is -2.00. The molecule has 0 amide bonds. The van der Waals surface area contributed by atoms with Gasteiger partial charge in [-0.25, -0.2) is 14.2 Å². The summed E-state index contributed by atoms with van der Waals surface area (Å²) in [6.45, 7) is 0. The average molecular weight is 413 g/mol. The molecule has 9 heteroatoms. The van der Waals surface area contributed by atoms with Crippen molar-refractivity contribution < 1.29 is 23.3 Å². The summed E-state index contributed by atoms with van der Waals surface area (Å²) in [5.41, 5.74) is 0.639. The van der Waals surface area contributed by atoms with Gasteiger partial charge in [-0.05, 0) is 36.4 Å². The number of nitrogens with zero attached hydrogens (tertiary/aromatic N) is 2. The van der Waals surface area contributed by atoms with Gasteiger partial charge in [0.25, 0.3) is 5.69 Å². The number of hydrogen-bond acceptors (Lipinski definition) is 6. The fourth-order valence-corrected chi connectivity index (χ4v) is 2.95. The van der Waals surface area contributed by atoms with Gasteiger partial charge in [-0.15, -0.1) is 0 Å². The predicted molar refractivity (Wildman–Crippen MR) is 103 cm³/mol. The SMILES string of the molecule is O=C1OC(c2cccc(F)c2)=N/C1=C\c1ccc(-c2ccc([N+](=O)[O-])cc2Cl)o1. The molecule has 3 aromatic rings. The number of carbonyl (C=O) groups excluding carboxylic acids is 1. The maximum Gasteiger partial charge on any atom is 0.363 e. The largest absolute Gasteiger partial charge is 0.457 e. The minimum Gasteiger partial charge on any atom is -0.457 e. The van der Waals surface area contributed by atoms with Gasteiger partial charge in [0.1, 0.15) is 17.3 Å². The molecule has 144 valence electrons. The van der Waals surface area contributed by atoms with E-state index in [9.17, 15) is 19.3 Å². The Bertz CT molecular complexity index is 1220. The first-order valence-electron chi connectivity index (χ1n) is 8.23. The van der Waals surface area contributed by atoms with Crippen LogP contribution in [0.25, 0.3) is 17.4 Å². The molecule has 1 aliphatic heterocycles. The van der Waals surface area contributed by atoms with Gasteiger partial charge >= 0.3 is 5.97 Å². The molecule has 1 aromatic heterocycles. The first-order valence-corrected chi connectivity index (χ1v) is 8.61. The zero-order chi connectivity index (χ0) is 20.5. The summed E-state index contributed by atoms with van der Waals surface area (Å²) < 4.78 is 24.1. The molecular formula is C20H10ClFN2O5. The second-order valence-electron chi connectivity index (χ2n) is 5.97. The van der Waals surface area contributed by atoms with E-state index in [-0.39, 0.29) is 22.3 Å². The highest BCUT2D eigenvalue weighted by Gasteiger charge is 2.25. The summed E-state index contributed by atoms with van der Waals surface area (Å²) in [6.07, 6.45) is 1.37. The van der Waals surface area contributed by atoms with Crippen LogP contribution in [0.15, 0.2) is 69.7 Å². The topological polar surface area (TPSA) is 94.9 Å². The van der Waals surface area contributed by atoms with Crippen molar-refractivity contribution in [3.05, 3.63) is 92.6 Å². The first-order chi connectivity index (χ1) is 13.9. The molecule has 4 rings (SSSR count).